The topological polar surface area (TPSA) is 72.6 Å². The molecule has 1 heterocycles. The minimum atomic E-state index is -0.721. The summed E-state index contributed by atoms with van der Waals surface area (Å²) >= 11 is 12.0. The first-order chi connectivity index (χ1) is 9.93. The number of aromatic nitrogens is 1. The third-order valence-electron chi connectivity index (χ3n) is 2.68. The van der Waals surface area contributed by atoms with Crippen LogP contribution in [0.3, 0.4) is 0 Å². The Morgan fingerprint density at radius 1 is 1.38 bits per heavy atom. The van der Waals surface area contributed by atoms with Crippen LogP contribution in [0.5, 0.6) is 5.75 Å². The molecule has 2 rings (SSSR count). The largest absolute Gasteiger partial charge is 0.506 e. The van der Waals surface area contributed by atoms with Crippen molar-refractivity contribution in [1.82, 2.24) is 5.16 Å². The number of nitrogens with zero attached hydrogens (tertiary/aromatic N) is 1. The number of phenols is 1. The van der Waals surface area contributed by atoms with Gasteiger partial charge in [-0.3, -0.25) is 0 Å². The Labute approximate surface area is 130 Å². The van der Waals surface area contributed by atoms with Crippen molar-refractivity contribution in [1.29, 1.82) is 0 Å². The van der Waals surface area contributed by atoms with Crippen molar-refractivity contribution < 1.29 is 19.2 Å². The smallest absolute Gasteiger partial charge is 0.341 e. The van der Waals surface area contributed by atoms with Crippen LogP contribution in [0.4, 0.5) is 0 Å². The molecule has 0 atom stereocenters. The molecule has 110 valence electrons. The number of halogens is 2. The number of aryl methyl sites for hydroxylation is 1. The van der Waals surface area contributed by atoms with Gasteiger partial charge in [0.1, 0.15) is 11.3 Å². The summed E-state index contributed by atoms with van der Waals surface area (Å²) in [7, 11) is 1.20. The highest BCUT2D eigenvalue weighted by Gasteiger charge is 2.20. The number of benzene rings is 1. The Kier molecular flexibility index (Phi) is 4.55. The van der Waals surface area contributed by atoms with Gasteiger partial charge in [0.2, 0.25) is 0 Å². The van der Waals surface area contributed by atoms with Crippen LogP contribution >= 0.6 is 23.2 Å². The Hall–Kier alpha value is -1.98. The maximum Gasteiger partial charge on any atom is 0.341 e. The van der Waals surface area contributed by atoms with E-state index in [1.807, 2.05) is 0 Å². The minimum Gasteiger partial charge on any atom is -0.506 e. The number of phenolic OH excluding ortho intramolecular Hbond substituents is 1. The summed E-state index contributed by atoms with van der Waals surface area (Å²) in [6.07, 6.45) is 3.15. The highest BCUT2D eigenvalue weighted by Crippen LogP contribution is 2.37. The zero-order valence-corrected chi connectivity index (χ0v) is 12.7. The molecule has 1 aromatic heterocycles. The van der Waals surface area contributed by atoms with Crippen molar-refractivity contribution in [3.05, 3.63) is 44.8 Å². The second-order valence-electron chi connectivity index (χ2n) is 4.18. The van der Waals surface area contributed by atoms with Crippen LogP contribution in [0, 0.1) is 6.92 Å². The van der Waals surface area contributed by atoms with E-state index in [-0.39, 0.29) is 21.4 Å². The monoisotopic (exact) mass is 327 g/mol. The highest BCUT2D eigenvalue weighted by atomic mass is 35.5. The average Bonchev–Trinajstić information content (AvgIpc) is 2.86. The molecule has 5 nitrogen and oxygen atoms in total. The number of aromatic hydroxyl groups is 1. The molecule has 2 aromatic rings. The van der Waals surface area contributed by atoms with E-state index in [4.69, 9.17) is 27.7 Å². The molecule has 1 aromatic carbocycles. The summed E-state index contributed by atoms with van der Waals surface area (Å²) in [5, 5.41) is 13.7. The zero-order valence-electron chi connectivity index (χ0n) is 11.2. The zero-order chi connectivity index (χ0) is 15.6. The number of hydrogen-bond acceptors (Lipinski definition) is 5. The molecule has 0 fully saturated rings. The van der Waals surface area contributed by atoms with Gasteiger partial charge in [-0.05, 0) is 25.1 Å². The fourth-order valence-electron chi connectivity index (χ4n) is 1.68. The SMILES string of the molecule is COC(=O)c1c(Cl)cc(/C=C/c2cc(C)no2)c(O)c1Cl. The quantitative estimate of drug-likeness (QED) is 0.864. The molecular weight excluding hydrogens is 317 g/mol. The number of methoxy groups -OCH3 is 1. The van der Waals surface area contributed by atoms with Crippen molar-refractivity contribution in [3.8, 4) is 5.75 Å². The fraction of sp³-hybridized carbons (Fsp3) is 0.143. The van der Waals surface area contributed by atoms with E-state index in [1.54, 1.807) is 25.1 Å². The number of carbonyl (C=O) groups excluding carboxylic acids is 1. The number of ether oxygens (including phenoxy) is 1. The second-order valence-corrected chi connectivity index (χ2v) is 4.97. The standard InChI is InChI=1S/C14H11Cl2NO4/c1-7-5-9(21-17-7)4-3-8-6-10(15)11(14(19)20-2)12(16)13(8)18/h3-6,18H,1-2H3/b4-3+. The molecule has 0 saturated carbocycles. The van der Waals surface area contributed by atoms with Crippen LogP contribution in [0.1, 0.15) is 27.4 Å². The van der Waals surface area contributed by atoms with Crippen LogP contribution < -0.4 is 0 Å². The lowest BCUT2D eigenvalue weighted by Crippen LogP contribution is -2.03. The van der Waals surface area contributed by atoms with Crippen molar-refractivity contribution in [3.63, 3.8) is 0 Å². The van der Waals surface area contributed by atoms with Gasteiger partial charge in [0, 0.05) is 11.6 Å². The Morgan fingerprint density at radius 2 is 2.10 bits per heavy atom. The third-order valence-corrected chi connectivity index (χ3v) is 3.35. The van der Waals surface area contributed by atoms with Gasteiger partial charge in [-0.15, -0.1) is 0 Å². The highest BCUT2D eigenvalue weighted by molar-refractivity contribution is 6.40. The normalized spacial score (nSPS) is 11.0. The van der Waals surface area contributed by atoms with E-state index < -0.39 is 5.97 Å². The number of carbonyl (C=O) groups is 1. The van der Waals surface area contributed by atoms with E-state index in [0.29, 0.717) is 11.3 Å². The molecule has 0 bridgehead atoms. The molecule has 0 radical (unpaired) electrons. The molecule has 7 heteroatoms. The summed E-state index contributed by atoms with van der Waals surface area (Å²) in [5.41, 5.74) is 0.994. The number of rotatable bonds is 3. The molecule has 21 heavy (non-hydrogen) atoms. The van der Waals surface area contributed by atoms with Crippen molar-refractivity contribution in [2.75, 3.05) is 7.11 Å². The van der Waals surface area contributed by atoms with Gasteiger partial charge in [0.15, 0.2) is 5.76 Å². The van der Waals surface area contributed by atoms with Gasteiger partial charge in [-0.25, -0.2) is 4.79 Å². The molecule has 0 unspecified atom stereocenters. The van der Waals surface area contributed by atoms with Gasteiger partial charge >= 0.3 is 5.97 Å². The first kappa shape index (κ1) is 15.4. The first-order valence-corrected chi connectivity index (χ1v) is 6.60. The van der Waals surface area contributed by atoms with Gasteiger partial charge < -0.3 is 14.4 Å². The van der Waals surface area contributed by atoms with Gasteiger partial charge in [-0.2, -0.15) is 0 Å². The summed E-state index contributed by atoms with van der Waals surface area (Å²) in [6.45, 7) is 1.79. The number of esters is 1. The molecule has 0 amide bonds. The number of hydrogen-bond donors (Lipinski definition) is 1. The molecule has 0 saturated heterocycles. The molecular formula is C14H11Cl2NO4. The van der Waals surface area contributed by atoms with Crippen LogP contribution in [-0.4, -0.2) is 23.3 Å². The summed E-state index contributed by atoms with van der Waals surface area (Å²) in [6, 6.07) is 3.13. The molecule has 0 aliphatic carbocycles. The van der Waals surface area contributed by atoms with E-state index in [9.17, 15) is 9.90 Å². The molecule has 0 aliphatic rings. The fourth-order valence-corrected chi connectivity index (χ4v) is 2.30. The van der Waals surface area contributed by atoms with Gasteiger partial charge in [0.05, 0.1) is 22.8 Å². The summed E-state index contributed by atoms with van der Waals surface area (Å²) < 4.78 is 9.57. The van der Waals surface area contributed by atoms with Crippen LogP contribution in [0.2, 0.25) is 10.0 Å². The predicted octanol–water partition coefficient (Wildman–Crippen LogP) is 3.95. The Morgan fingerprint density at radius 3 is 2.67 bits per heavy atom. The second kappa shape index (κ2) is 6.20. The van der Waals surface area contributed by atoms with Gasteiger partial charge in [-0.1, -0.05) is 28.4 Å². The summed E-state index contributed by atoms with van der Waals surface area (Å²) in [4.78, 5) is 11.6. The minimum absolute atomic E-state index is 0.0778. The summed E-state index contributed by atoms with van der Waals surface area (Å²) in [5.74, 6) is -0.480. The third kappa shape index (κ3) is 3.20. The average molecular weight is 328 g/mol. The lowest BCUT2D eigenvalue weighted by Gasteiger charge is -2.09. The van der Waals surface area contributed by atoms with E-state index in [2.05, 4.69) is 9.89 Å². The Balaban J connectivity index is 2.42. The lowest BCUT2D eigenvalue weighted by molar-refractivity contribution is 0.0600. The van der Waals surface area contributed by atoms with Crippen molar-refractivity contribution in [2.24, 2.45) is 0 Å². The molecule has 0 spiro atoms. The van der Waals surface area contributed by atoms with Crippen LogP contribution in [0.15, 0.2) is 16.7 Å². The maximum absolute atomic E-state index is 11.6. The van der Waals surface area contributed by atoms with Crippen molar-refractivity contribution >= 4 is 41.3 Å². The van der Waals surface area contributed by atoms with E-state index in [0.717, 1.165) is 5.69 Å². The Bertz CT molecular complexity index is 722. The predicted molar refractivity (Wildman–Crippen MR) is 79.6 cm³/mol. The maximum atomic E-state index is 11.6. The lowest BCUT2D eigenvalue weighted by atomic mass is 10.1. The molecule has 1 N–H and O–H groups in total. The van der Waals surface area contributed by atoms with Gasteiger partial charge in [0.25, 0.3) is 0 Å². The van der Waals surface area contributed by atoms with Crippen molar-refractivity contribution in [2.45, 2.75) is 6.92 Å². The van der Waals surface area contributed by atoms with E-state index in [1.165, 1.54) is 13.2 Å². The van der Waals surface area contributed by atoms with E-state index >= 15 is 0 Å². The van der Waals surface area contributed by atoms with Crippen LogP contribution in [-0.2, 0) is 4.74 Å². The van der Waals surface area contributed by atoms with Crippen LogP contribution in [0.25, 0.3) is 12.2 Å². The molecule has 0 aliphatic heterocycles. The first-order valence-electron chi connectivity index (χ1n) is 5.84.